The molecule has 1 aromatic heterocycles. The Morgan fingerprint density at radius 3 is 1.52 bits per heavy atom. The summed E-state index contributed by atoms with van der Waals surface area (Å²) in [5.41, 5.74) is 14.2. The molecule has 54 heavy (non-hydrogen) atoms. The van der Waals surface area contributed by atoms with Crippen LogP contribution in [-0.4, -0.2) is 4.98 Å². The lowest BCUT2D eigenvalue weighted by atomic mass is 9.99. The fourth-order valence-corrected chi connectivity index (χ4v) is 7.31. The van der Waals surface area contributed by atoms with E-state index in [0.717, 1.165) is 22.4 Å². The van der Waals surface area contributed by atoms with E-state index >= 15 is 0 Å². The van der Waals surface area contributed by atoms with Gasteiger partial charge in [-0.3, -0.25) is 0 Å². The van der Waals surface area contributed by atoms with Crippen molar-refractivity contribution in [1.29, 1.82) is 0 Å². The molecule has 2 heteroatoms. The zero-order chi connectivity index (χ0) is 36.1. The summed E-state index contributed by atoms with van der Waals surface area (Å²) >= 11 is 0. The molecule has 2 N–H and O–H groups in total. The molecule has 0 amide bonds. The molecule has 256 valence electrons. The summed E-state index contributed by atoms with van der Waals surface area (Å²) in [6.07, 6.45) is 0. The summed E-state index contributed by atoms with van der Waals surface area (Å²) < 4.78 is 0. The minimum atomic E-state index is 1.06. The number of hydrogen-bond donors (Lipinski definition) is 2. The fourth-order valence-electron chi connectivity index (χ4n) is 7.31. The van der Waals surface area contributed by atoms with Crippen LogP contribution in [0.15, 0.2) is 218 Å². The van der Waals surface area contributed by atoms with Crippen LogP contribution in [0.25, 0.3) is 77.1 Å². The molecule has 10 aromatic rings. The maximum absolute atomic E-state index is 3.79. The van der Waals surface area contributed by atoms with Crippen LogP contribution in [0.4, 0.5) is 11.4 Å². The molecule has 0 bridgehead atoms. The smallest absolute Gasteiger partial charge is 0.0710 e. The lowest BCUT2D eigenvalue weighted by Gasteiger charge is -2.15. The zero-order valence-electron chi connectivity index (χ0n) is 29.8. The van der Waals surface area contributed by atoms with Crippen LogP contribution >= 0.6 is 0 Å². The van der Waals surface area contributed by atoms with Gasteiger partial charge < -0.3 is 10.3 Å². The summed E-state index contributed by atoms with van der Waals surface area (Å²) in [6, 6.07) is 77.0. The maximum Gasteiger partial charge on any atom is 0.0710 e. The van der Waals surface area contributed by atoms with E-state index in [2.05, 4.69) is 217 Å². The molecule has 0 unspecified atom stereocenters. The normalized spacial score (nSPS) is 11.0. The fraction of sp³-hybridized carbons (Fsp3) is 0. The lowest BCUT2D eigenvalue weighted by Crippen LogP contribution is -1.95. The number of para-hydroxylation sites is 1. The van der Waals surface area contributed by atoms with E-state index in [1.54, 1.807) is 0 Å². The molecule has 0 saturated carbocycles. The first-order chi connectivity index (χ1) is 26.8. The summed E-state index contributed by atoms with van der Waals surface area (Å²) in [7, 11) is 0. The van der Waals surface area contributed by atoms with E-state index in [0.29, 0.717) is 0 Å². The van der Waals surface area contributed by atoms with Gasteiger partial charge >= 0.3 is 0 Å². The highest BCUT2D eigenvalue weighted by molar-refractivity contribution is 6.14. The third-order valence-electron chi connectivity index (χ3n) is 10.1. The first-order valence-corrected chi connectivity index (χ1v) is 18.4. The number of aromatic amines is 1. The van der Waals surface area contributed by atoms with Crippen molar-refractivity contribution in [2.45, 2.75) is 0 Å². The quantitative estimate of drug-likeness (QED) is 0.179. The molecule has 0 atom stereocenters. The lowest BCUT2D eigenvalue weighted by molar-refractivity contribution is 1.50. The zero-order valence-corrected chi connectivity index (χ0v) is 29.8. The van der Waals surface area contributed by atoms with Gasteiger partial charge in [-0.25, -0.2) is 0 Å². The van der Waals surface area contributed by atoms with Crippen molar-refractivity contribution >= 4 is 44.0 Å². The van der Waals surface area contributed by atoms with Crippen molar-refractivity contribution in [1.82, 2.24) is 4.98 Å². The van der Waals surface area contributed by atoms with E-state index in [-0.39, 0.29) is 0 Å². The Hall–Kier alpha value is -7.16. The van der Waals surface area contributed by atoms with Crippen LogP contribution in [0.3, 0.4) is 0 Å². The van der Waals surface area contributed by atoms with Gasteiger partial charge in [0.1, 0.15) is 0 Å². The molecular weight excluding hydrogens is 653 g/mol. The highest BCUT2D eigenvalue weighted by atomic mass is 14.9. The number of H-pyrrole nitrogens is 1. The number of aromatic nitrogens is 1. The summed E-state index contributed by atoms with van der Waals surface area (Å²) in [6.45, 7) is 0. The number of anilines is 2. The molecule has 0 fully saturated rings. The van der Waals surface area contributed by atoms with Crippen molar-refractivity contribution in [3.63, 3.8) is 0 Å². The maximum atomic E-state index is 3.79. The van der Waals surface area contributed by atoms with Gasteiger partial charge in [0.2, 0.25) is 0 Å². The molecule has 2 nitrogen and oxygen atoms in total. The Morgan fingerprint density at radius 2 is 0.833 bits per heavy atom. The van der Waals surface area contributed by atoms with Crippen LogP contribution < -0.4 is 5.32 Å². The van der Waals surface area contributed by atoms with Crippen molar-refractivity contribution in [3.05, 3.63) is 218 Å². The Labute approximate surface area is 316 Å². The molecule has 0 aliphatic rings. The van der Waals surface area contributed by atoms with Crippen LogP contribution in [-0.2, 0) is 0 Å². The Kier molecular flexibility index (Phi) is 8.99. The standard InChI is InChI=1S/C34H24N2.C18H14/c1-2-10-24(11-3-1)29-19-20-31-30-15-6-7-16-32(30)36-34(31)33(29)35-28-14-8-13-26(22-28)27-18-17-23-9-4-5-12-25(23)21-27;1-3-7-15(8-4-1)17-11-13-18(14-12-17)16-9-5-2-6-10-16/h1-22,35-36H;1-14H. The van der Waals surface area contributed by atoms with Crippen molar-refractivity contribution in [2.24, 2.45) is 0 Å². The average molecular weight is 691 g/mol. The molecule has 0 saturated heterocycles. The van der Waals surface area contributed by atoms with E-state index in [9.17, 15) is 0 Å². The van der Waals surface area contributed by atoms with Gasteiger partial charge in [0, 0.05) is 27.5 Å². The molecule has 1 heterocycles. The topological polar surface area (TPSA) is 27.8 Å². The second kappa shape index (κ2) is 14.8. The first kappa shape index (κ1) is 32.7. The molecule has 0 spiro atoms. The third-order valence-corrected chi connectivity index (χ3v) is 10.1. The van der Waals surface area contributed by atoms with Gasteiger partial charge in [0.25, 0.3) is 0 Å². The minimum Gasteiger partial charge on any atom is -0.353 e. The van der Waals surface area contributed by atoms with Crippen molar-refractivity contribution in [3.8, 4) is 44.5 Å². The molecule has 10 rings (SSSR count). The van der Waals surface area contributed by atoms with E-state index in [1.165, 1.54) is 66.1 Å². The predicted octanol–water partition coefficient (Wildman–Crippen LogP) is 14.6. The molecule has 9 aromatic carbocycles. The predicted molar refractivity (Wildman–Crippen MR) is 231 cm³/mol. The van der Waals surface area contributed by atoms with E-state index < -0.39 is 0 Å². The minimum absolute atomic E-state index is 1.06. The summed E-state index contributed by atoms with van der Waals surface area (Å²) in [5.74, 6) is 0. The second-order valence-corrected chi connectivity index (χ2v) is 13.5. The first-order valence-electron chi connectivity index (χ1n) is 18.4. The Morgan fingerprint density at radius 1 is 0.315 bits per heavy atom. The number of rotatable bonds is 6. The molecule has 0 aliphatic carbocycles. The molecular formula is C52H38N2. The van der Waals surface area contributed by atoms with Crippen molar-refractivity contribution < 1.29 is 0 Å². The van der Waals surface area contributed by atoms with Crippen LogP contribution in [0.1, 0.15) is 0 Å². The molecule has 0 radical (unpaired) electrons. The van der Waals surface area contributed by atoms with E-state index in [1.807, 2.05) is 12.1 Å². The van der Waals surface area contributed by atoms with Crippen LogP contribution in [0.5, 0.6) is 0 Å². The Bertz CT molecular complexity index is 2760. The van der Waals surface area contributed by atoms with Crippen LogP contribution in [0.2, 0.25) is 0 Å². The largest absolute Gasteiger partial charge is 0.353 e. The van der Waals surface area contributed by atoms with Gasteiger partial charge in [-0.2, -0.15) is 0 Å². The van der Waals surface area contributed by atoms with Crippen LogP contribution in [0, 0.1) is 0 Å². The number of nitrogens with one attached hydrogen (secondary N) is 2. The van der Waals surface area contributed by atoms with Gasteiger partial charge in [0.05, 0.1) is 11.2 Å². The van der Waals surface area contributed by atoms with Gasteiger partial charge in [-0.15, -0.1) is 0 Å². The van der Waals surface area contributed by atoms with Crippen molar-refractivity contribution in [2.75, 3.05) is 5.32 Å². The molecule has 0 aliphatic heterocycles. The number of hydrogen-bond acceptors (Lipinski definition) is 1. The van der Waals surface area contributed by atoms with E-state index in [4.69, 9.17) is 0 Å². The second-order valence-electron chi connectivity index (χ2n) is 13.5. The highest BCUT2D eigenvalue weighted by Gasteiger charge is 2.14. The highest BCUT2D eigenvalue weighted by Crippen LogP contribution is 2.40. The van der Waals surface area contributed by atoms with Gasteiger partial charge in [-0.1, -0.05) is 194 Å². The summed E-state index contributed by atoms with van der Waals surface area (Å²) in [4.78, 5) is 3.68. The number of fused-ring (bicyclic) bond motifs is 4. The third kappa shape index (κ3) is 6.77. The number of benzene rings is 9. The summed E-state index contributed by atoms with van der Waals surface area (Å²) in [5, 5.41) is 8.76. The SMILES string of the molecule is c1ccc(-c2ccc(-c3ccccc3)cc2)cc1.c1ccc(-c2ccc3c([nH]c4ccccc43)c2Nc2cccc(-c3ccc4ccccc4c3)c2)cc1. The average Bonchev–Trinajstić information content (AvgIpc) is 3.64. The van der Waals surface area contributed by atoms with Gasteiger partial charge in [-0.05, 0) is 74.0 Å². The monoisotopic (exact) mass is 690 g/mol. The Balaban J connectivity index is 0.000000179. The van der Waals surface area contributed by atoms with Gasteiger partial charge in [0.15, 0.2) is 0 Å².